The van der Waals surface area contributed by atoms with E-state index < -0.39 is 5.82 Å². The zero-order chi connectivity index (χ0) is 15.4. The Morgan fingerprint density at radius 1 is 1.36 bits per heavy atom. The fourth-order valence-corrected chi connectivity index (χ4v) is 2.66. The number of amides is 2. The number of hydrogen-bond acceptors (Lipinski definition) is 3. The van der Waals surface area contributed by atoms with E-state index >= 15 is 0 Å². The SMILES string of the molecule is O=C(Nc1ccncc1F)N1CCC(Cn2cccn2)CC1. The van der Waals surface area contributed by atoms with E-state index in [0.29, 0.717) is 19.0 Å². The summed E-state index contributed by atoms with van der Waals surface area (Å²) >= 11 is 0. The van der Waals surface area contributed by atoms with Crippen molar-refractivity contribution in [3.63, 3.8) is 0 Å². The van der Waals surface area contributed by atoms with Crippen LogP contribution < -0.4 is 5.32 Å². The number of pyridine rings is 1. The molecule has 6 nitrogen and oxygen atoms in total. The maximum atomic E-state index is 13.5. The Morgan fingerprint density at radius 2 is 2.18 bits per heavy atom. The molecule has 2 amide bonds. The van der Waals surface area contributed by atoms with Gasteiger partial charge in [-0.1, -0.05) is 0 Å². The highest BCUT2D eigenvalue weighted by Gasteiger charge is 2.23. The first-order chi connectivity index (χ1) is 10.7. The molecule has 0 aliphatic carbocycles. The molecule has 0 aromatic carbocycles. The van der Waals surface area contributed by atoms with E-state index in [-0.39, 0.29) is 11.7 Å². The Morgan fingerprint density at radius 3 is 2.86 bits per heavy atom. The van der Waals surface area contributed by atoms with Crippen molar-refractivity contribution < 1.29 is 9.18 Å². The molecule has 1 fully saturated rings. The van der Waals surface area contributed by atoms with Gasteiger partial charge in [0, 0.05) is 38.2 Å². The molecule has 116 valence electrons. The van der Waals surface area contributed by atoms with Crippen LogP contribution in [0, 0.1) is 11.7 Å². The highest BCUT2D eigenvalue weighted by atomic mass is 19.1. The second-order valence-electron chi connectivity index (χ2n) is 5.44. The van der Waals surface area contributed by atoms with Gasteiger partial charge in [-0.3, -0.25) is 9.67 Å². The van der Waals surface area contributed by atoms with E-state index in [1.54, 1.807) is 11.1 Å². The van der Waals surface area contributed by atoms with Crippen LogP contribution in [-0.2, 0) is 6.54 Å². The number of hydrogen-bond donors (Lipinski definition) is 1. The maximum absolute atomic E-state index is 13.5. The molecule has 0 unspecified atom stereocenters. The summed E-state index contributed by atoms with van der Waals surface area (Å²) in [4.78, 5) is 17.5. The van der Waals surface area contributed by atoms with Gasteiger partial charge in [0.25, 0.3) is 0 Å². The van der Waals surface area contributed by atoms with E-state index in [2.05, 4.69) is 15.4 Å². The average molecular weight is 303 g/mol. The number of piperidine rings is 1. The summed E-state index contributed by atoms with van der Waals surface area (Å²) < 4.78 is 15.4. The third-order valence-corrected chi connectivity index (χ3v) is 3.92. The normalized spacial score (nSPS) is 15.8. The lowest BCUT2D eigenvalue weighted by Crippen LogP contribution is -2.41. The lowest BCUT2D eigenvalue weighted by atomic mass is 9.97. The minimum Gasteiger partial charge on any atom is -0.325 e. The van der Waals surface area contributed by atoms with Gasteiger partial charge in [-0.05, 0) is 30.9 Å². The lowest BCUT2D eigenvalue weighted by molar-refractivity contribution is 0.175. The fourth-order valence-electron chi connectivity index (χ4n) is 2.66. The van der Waals surface area contributed by atoms with Gasteiger partial charge in [0.1, 0.15) is 0 Å². The fraction of sp³-hybridized carbons (Fsp3) is 0.400. The number of likely N-dealkylation sites (tertiary alicyclic amines) is 1. The van der Waals surface area contributed by atoms with E-state index in [1.807, 2.05) is 16.9 Å². The van der Waals surface area contributed by atoms with E-state index in [4.69, 9.17) is 0 Å². The summed E-state index contributed by atoms with van der Waals surface area (Å²) in [5.74, 6) is -0.00831. The van der Waals surface area contributed by atoms with Crippen molar-refractivity contribution in [2.45, 2.75) is 19.4 Å². The molecule has 0 atom stereocenters. The minimum atomic E-state index is -0.524. The van der Waals surface area contributed by atoms with Crippen LogP contribution in [0.15, 0.2) is 36.9 Å². The molecule has 1 N–H and O–H groups in total. The van der Waals surface area contributed by atoms with Crippen molar-refractivity contribution in [2.24, 2.45) is 5.92 Å². The highest BCUT2D eigenvalue weighted by molar-refractivity contribution is 5.89. The van der Waals surface area contributed by atoms with Crippen LogP contribution >= 0.6 is 0 Å². The number of aromatic nitrogens is 3. The van der Waals surface area contributed by atoms with Crippen molar-refractivity contribution in [2.75, 3.05) is 18.4 Å². The van der Waals surface area contributed by atoms with Crippen molar-refractivity contribution in [1.29, 1.82) is 0 Å². The Labute approximate surface area is 128 Å². The molecule has 1 saturated heterocycles. The number of nitrogens with zero attached hydrogens (tertiary/aromatic N) is 4. The van der Waals surface area contributed by atoms with Crippen LogP contribution in [0.25, 0.3) is 0 Å². The Balaban J connectivity index is 1.50. The van der Waals surface area contributed by atoms with Gasteiger partial charge >= 0.3 is 6.03 Å². The maximum Gasteiger partial charge on any atom is 0.321 e. The molecule has 2 aromatic heterocycles. The van der Waals surface area contributed by atoms with Gasteiger partial charge in [0.05, 0.1) is 11.9 Å². The lowest BCUT2D eigenvalue weighted by Gasteiger charge is -2.32. The molecule has 0 saturated carbocycles. The minimum absolute atomic E-state index is 0.165. The van der Waals surface area contributed by atoms with Crippen molar-refractivity contribution >= 4 is 11.7 Å². The van der Waals surface area contributed by atoms with Crippen LogP contribution in [0.4, 0.5) is 14.9 Å². The third-order valence-electron chi connectivity index (χ3n) is 3.92. The second kappa shape index (κ2) is 6.55. The van der Waals surface area contributed by atoms with Crippen LogP contribution in [0.3, 0.4) is 0 Å². The van der Waals surface area contributed by atoms with Crippen molar-refractivity contribution in [1.82, 2.24) is 19.7 Å². The zero-order valence-corrected chi connectivity index (χ0v) is 12.2. The average Bonchev–Trinajstić information content (AvgIpc) is 3.03. The van der Waals surface area contributed by atoms with Gasteiger partial charge < -0.3 is 10.2 Å². The number of rotatable bonds is 3. The standard InChI is InChI=1S/C15H18FN5O/c16-13-10-17-6-2-14(13)19-15(22)20-8-3-12(4-9-20)11-21-7-1-5-18-21/h1-2,5-7,10,12H,3-4,8-9,11H2,(H,17,19,22). The van der Waals surface area contributed by atoms with Crippen LogP contribution in [0.2, 0.25) is 0 Å². The number of carbonyl (C=O) groups excluding carboxylic acids is 1. The first-order valence-corrected chi connectivity index (χ1v) is 7.35. The van der Waals surface area contributed by atoms with E-state index in [1.165, 1.54) is 12.3 Å². The zero-order valence-electron chi connectivity index (χ0n) is 12.2. The quantitative estimate of drug-likeness (QED) is 0.947. The number of anilines is 1. The van der Waals surface area contributed by atoms with Gasteiger partial charge in [-0.15, -0.1) is 0 Å². The highest BCUT2D eigenvalue weighted by Crippen LogP contribution is 2.20. The summed E-state index contributed by atoms with van der Waals surface area (Å²) in [6, 6.07) is 3.10. The number of carbonyl (C=O) groups is 1. The summed E-state index contributed by atoms with van der Waals surface area (Å²) in [5, 5.41) is 6.80. The molecular weight excluding hydrogens is 285 g/mol. The van der Waals surface area contributed by atoms with Gasteiger partial charge in [-0.25, -0.2) is 9.18 Å². The number of urea groups is 1. The van der Waals surface area contributed by atoms with Gasteiger partial charge in [-0.2, -0.15) is 5.10 Å². The summed E-state index contributed by atoms with van der Waals surface area (Å²) in [5.41, 5.74) is 0.165. The van der Waals surface area contributed by atoms with Crippen LogP contribution in [0.5, 0.6) is 0 Å². The summed E-state index contributed by atoms with van der Waals surface area (Å²) in [7, 11) is 0. The molecule has 2 aromatic rings. The molecule has 0 radical (unpaired) electrons. The summed E-state index contributed by atoms with van der Waals surface area (Å²) in [6.07, 6.45) is 8.11. The molecular formula is C15H18FN5O. The Hall–Kier alpha value is -2.44. The van der Waals surface area contributed by atoms with E-state index in [9.17, 15) is 9.18 Å². The molecule has 0 spiro atoms. The van der Waals surface area contributed by atoms with Crippen LogP contribution in [-0.4, -0.2) is 38.8 Å². The number of nitrogens with one attached hydrogen (secondary N) is 1. The first kappa shape index (κ1) is 14.5. The largest absolute Gasteiger partial charge is 0.325 e. The number of halogens is 1. The molecule has 0 bridgehead atoms. The van der Waals surface area contributed by atoms with Crippen LogP contribution in [0.1, 0.15) is 12.8 Å². The smallest absolute Gasteiger partial charge is 0.321 e. The predicted molar refractivity (Wildman–Crippen MR) is 79.7 cm³/mol. The van der Waals surface area contributed by atoms with Crippen molar-refractivity contribution in [3.8, 4) is 0 Å². The van der Waals surface area contributed by atoms with Gasteiger partial charge in [0.2, 0.25) is 0 Å². The Bertz CT molecular complexity index is 623. The summed E-state index contributed by atoms with van der Waals surface area (Å²) in [6.45, 7) is 2.22. The van der Waals surface area contributed by atoms with E-state index in [0.717, 1.165) is 25.6 Å². The monoisotopic (exact) mass is 303 g/mol. The molecule has 7 heteroatoms. The molecule has 3 heterocycles. The first-order valence-electron chi connectivity index (χ1n) is 7.35. The molecule has 3 rings (SSSR count). The predicted octanol–water partition coefficient (Wildman–Crippen LogP) is 2.36. The third kappa shape index (κ3) is 3.41. The molecule has 1 aliphatic heterocycles. The molecule has 1 aliphatic rings. The second-order valence-corrected chi connectivity index (χ2v) is 5.44. The van der Waals surface area contributed by atoms with Gasteiger partial charge in [0.15, 0.2) is 5.82 Å². The molecule has 22 heavy (non-hydrogen) atoms. The van der Waals surface area contributed by atoms with Crippen molar-refractivity contribution in [3.05, 3.63) is 42.7 Å². The topological polar surface area (TPSA) is 63.1 Å². The Kier molecular flexibility index (Phi) is 4.32.